The molecule has 0 aromatic heterocycles. The fourth-order valence-corrected chi connectivity index (χ4v) is 3.43. The van der Waals surface area contributed by atoms with Crippen molar-refractivity contribution in [1.82, 2.24) is 4.90 Å². The second-order valence-electron chi connectivity index (χ2n) is 7.30. The number of ether oxygens (including phenoxy) is 1. The van der Waals surface area contributed by atoms with Gasteiger partial charge in [0.2, 0.25) is 0 Å². The fourth-order valence-electron chi connectivity index (χ4n) is 3.43. The maximum absolute atomic E-state index is 12.9. The zero-order valence-corrected chi connectivity index (χ0v) is 15.5. The Labute approximate surface area is 157 Å². The molecule has 4 nitrogen and oxygen atoms in total. The van der Waals surface area contributed by atoms with Gasteiger partial charge < -0.3 is 14.7 Å². The number of alkyl halides is 2. The van der Waals surface area contributed by atoms with Crippen molar-refractivity contribution >= 4 is 6.09 Å². The van der Waals surface area contributed by atoms with E-state index in [1.807, 2.05) is 48.5 Å². The zero-order valence-electron chi connectivity index (χ0n) is 15.5. The molecule has 0 aliphatic heterocycles. The molecule has 0 bridgehead atoms. The Morgan fingerprint density at radius 2 is 1.59 bits per heavy atom. The first-order valence-corrected chi connectivity index (χ1v) is 8.80. The smallest absolute Gasteiger partial charge is 0.410 e. The number of halogens is 2. The van der Waals surface area contributed by atoms with Crippen LogP contribution in [-0.2, 0) is 4.74 Å². The predicted octanol–water partition coefficient (Wildman–Crippen LogP) is 4.27. The van der Waals surface area contributed by atoms with Crippen molar-refractivity contribution in [2.75, 3.05) is 13.7 Å². The summed E-state index contributed by atoms with van der Waals surface area (Å²) in [5.41, 5.74) is 2.89. The van der Waals surface area contributed by atoms with E-state index in [1.54, 1.807) is 0 Å². The normalized spacial score (nSPS) is 14.6. The Balaban J connectivity index is 1.76. The van der Waals surface area contributed by atoms with E-state index in [-0.39, 0.29) is 12.5 Å². The Morgan fingerprint density at radius 1 is 1.11 bits per heavy atom. The minimum atomic E-state index is -2.95. The van der Waals surface area contributed by atoms with Gasteiger partial charge in [0.1, 0.15) is 12.7 Å². The molecule has 1 aliphatic rings. The SMILES string of the molecule is CN(C(=O)OCC1c2ccccc2-c2ccccc21)C(C)(C)C(O)C(F)F. The molecule has 27 heavy (non-hydrogen) atoms. The van der Waals surface area contributed by atoms with Crippen LogP contribution in [0.4, 0.5) is 13.6 Å². The van der Waals surface area contributed by atoms with Crippen LogP contribution >= 0.6 is 0 Å². The number of fused-ring (bicyclic) bond motifs is 3. The lowest BCUT2D eigenvalue weighted by Crippen LogP contribution is -2.55. The number of carbonyl (C=O) groups excluding carboxylic acids is 1. The Kier molecular flexibility index (Phi) is 5.20. The van der Waals surface area contributed by atoms with Crippen LogP contribution in [0.25, 0.3) is 11.1 Å². The van der Waals surface area contributed by atoms with Crippen LogP contribution in [0.15, 0.2) is 48.5 Å². The van der Waals surface area contributed by atoms with Crippen molar-refractivity contribution < 1.29 is 23.4 Å². The minimum absolute atomic E-state index is 0.0953. The number of likely N-dealkylation sites (N-methyl/N-ethyl adjacent to an activating group) is 1. The molecule has 2 aromatic rings. The lowest BCUT2D eigenvalue weighted by Gasteiger charge is -2.38. The van der Waals surface area contributed by atoms with E-state index in [1.165, 1.54) is 20.9 Å². The summed E-state index contributed by atoms with van der Waals surface area (Å²) in [4.78, 5) is 13.5. The Hall–Kier alpha value is -2.47. The van der Waals surface area contributed by atoms with Crippen LogP contribution in [0.2, 0.25) is 0 Å². The summed E-state index contributed by atoms with van der Waals surface area (Å²) >= 11 is 0. The van der Waals surface area contributed by atoms with E-state index in [0.717, 1.165) is 27.2 Å². The molecule has 0 saturated heterocycles. The third kappa shape index (κ3) is 3.41. The van der Waals surface area contributed by atoms with Gasteiger partial charge in [-0.15, -0.1) is 0 Å². The summed E-state index contributed by atoms with van der Waals surface area (Å²) < 4.78 is 31.2. The number of rotatable bonds is 5. The highest BCUT2D eigenvalue weighted by molar-refractivity contribution is 5.79. The summed E-state index contributed by atoms with van der Waals surface area (Å²) in [6.07, 6.45) is -5.67. The number of nitrogens with zero attached hydrogens (tertiary/aromatic N) is 1. The zero-order chi connectivity index (χ0) is 19.8. The molecule has 1 N–H and O–H groups in total. The highest BCUT2D eigenvalue weighted by atomic mass is 19.3. The van der Waals surface area contributed by atoms with Gasteiger partial charge in [0.25, 0.3) is 6.43 Å². The predicted molar refractivity (Wildman–Crippen MR) is 98.9 cm³/mol. The molecule has 0 heterocycles. The molecule has 1 unspecified atom stereocenters. The van der Waals surface area contributed by atoms with Crippen LogP contribution in [0.5, 0.6) is 0 Å². The third-order valence-corrected chi connectivity index (χ3v) is 5.44. The maximum Gasteiger partial charge on any atom is 0.410 e. The van der Waals surface area contributed by atoms with E-state index in [2.05, 4.69) is 0 Å². The number of hydrogen-bond donors (Lipinski definition) is 1. The van der Waals surface area contributed by atoms with Gasteiger partial charge in [0.15, 0.2) is 0 Å². The third-order valence-electron chi connectivity index (χ3n) is 5.44. The average Bonchev–Trinajstić information content (AvgIpc) is 2.98. The van der Waals surface area contributed by atoms with Gasteiger partial charge in [-0.3, -0.25) is 0 Å². The van der Waals surface area contributed by atoms with Crippen LogP contribution in [0.3, 0.4) is 0 Å². The molecular formula is C21H23F2NO3. The van der Waals surface area contributed by atoms with E-state index in [0.29, 0.717) is 0 Å². The van der Waals surface area contributed by atoms with Crippen molar-refractivity contribution in [2.24, 2.45) is 0 Å². The van der Waals surface area contributed by atoms with Gasteiger partial charge in [-0.25, -0.2) is 13.6 Å². The average molecular weight is 375 g/mol. The van der Waals surface area contributed by atoms with Gasteiger partial charge >= 0.3 is 6.09 Å². The van der Waals surface area contributed by atoms with Crippen LogP contribution in [-0.4, -0.2) is 47.8 Å². The standard InChI is InChI=1S/C21H23F2NO3/c1-21(2,18(25)19(22)23)24(3)20(26)27-12-17-15-10-6-4-8-13(15)14-9-5-7-11-16(14)17/h4-11,17-19,25H,12H2,1-3H3. The second kappa shape index (κ2) is 7.27. The van der Waals surface area contributed by atoms with E-state index < -0.39 is 24.2 Å². The van der Waals surface area contributed by atoms with Crippen molar-refractivity contribution in [1.29, 1.82) is 0 Å². The summed E-state index contributed by atoms with van der Waals surface area (Å²) in [5, 5.41) is 9.71. The molecule has 0 fully saturated rings. The summed E-state index contributed by atoms with van der Waals surface area (Å²) in [7, 11) is 1.35. The van der Waals surface area contributed by atoms with Crippen molar-refractivity contribution in [3.05, 3.63) is 59.7 Å². The molecule has 0 radical (unpaired) electrons. The first-order chi connectivity index (χ1) is 12.7. The van der Waals surface area contributed by atoms with E-state index >= 15 is 0 Å². The lowest BCUT2D eigenvalue weighted by atomic mass is 9.96. The number of amides is 1. The maximum atomic E-state index is 12.9. The first kappa shape index (κ1) is 19.3. The largest absolute Gasteiger partial charge is 0.448 e. The van der Waals surface area contributed by atoms with Crippen molar-refractivity contribution in [2.45, 2.75) is 37.8 Å². The molecule has 0 spiro atoms. The molecule has 2 aromatic carbocycles. The first-order valence-electron chi connectivity index (χ1n) is 8.80. The van der Waals surface area contributed by atoms with Crippen LogP contribution in [0.1, 0.15) is 30.9 Å². The second-order valence-corrected chi connectivity index (χ2v) is 7.30. The van der Waals surface area contributed by atoms with Gasteiger partial charge in [-0.2, -0.15) is 0 Å². The molecule has 6 heteroatoms. The molecule has 1 atom stereocenters. The molecule has 144 valence electrons. The van der Waals surface area contributed by atoms with Crippen LogP contribution < -0.4 is 0 Å². The summed E-state index contributed by atoms with van der Waals surface area (Å²) in [5.74, 6) is -0.113. The summed E-state index contributed by atoms with van der Waals surface area (Å²) in [6, 6.07) is 15.9. The number of aliphatic hydroxyl groups excluding tert-OH is 1. The van der Waals surface area contributed by atoms with Gasteiger partial charge in [0, 0.05) is 13.0 Å². The van der Waals surface area contributed by atoms with Crippen molar-refractivity contribution in [3.63, 3.8) is 0 Å². The number of aliphatic hydroxyl groups is 1. The quantitative estimate of drug-likeness (QED) is 0.849. The molecule has 0 saturated carbocycles. The van der Waals surface area contributed by atoms with Gasteiger partial charge in [-0.1, -0.05) is 48.5 Å². The minimum Gasteiger partial charge on any atom is -0.448 e. The van der Waals surface area contributed by atoms with E-state index in [9.17, 15) is 18.7 Å². The number of benzene rings is 2. The lowest BCUT2D eigenvalue weighted by molar-refractivity contribution is -0.0818. The van der Waals surface area contributed by atoms with E-state index in [4.69, 9.17) is 4.74 Å². The number of carbonyl (C=O) groups is 1. The van der Waals surface area contributed by atoms with Crippen LogP contribution in [0, 0.1) is 0 Å². The molecule has 1 amide bonds. The Bertz CT molecular complexity index is 792. The topological polar surface area (TPSA) is 49.8 Å². The van der Waals surface area contributed by atoms with Crippen molar-refractivity contribution in [3.8, 4) is 11.1 Å². The monoisotopic (exact) mass is 375 g/mol. The molecule has 1 aliphatic carbocycles. The summed E-state index contributed by atoms with van der Waals surface area (Å²) in [6.45, 7) is 2.86. The Morgan fingerprint density at radius 3 is 2.07 bits per heavy atom. The fraction of sp³-hybridized carbons (Fsp3) is 0.381. The molecule has 3 rings (SSSR count). The van der Waals surface area contributed by atoms with Gasteiger partial charge in [0.05, 0.1) is 5.54 Å². The highest BCUT2D eigenvalue weighted by Crippen LogP contribution is 2.44. The number of hydrogen-bond acceptors (Lipinski definition) is 3. The van der Waals surface area contributed by atoms with Gasteiger partial charge in [-0.05, 0) is 36.1 Å². The highest BCUT2D eigenvalue weighted by Gasteiger charge is 2.41. The molecular weight excluding hydrogens is 352 g/mol.